The molecule has 1 aliphatic carbocycles. The summed E-state index contributed by atoms with van der Waals surface area (Å²) >= 11 is 0. The van der Waals surface area contributed by atoms with Gasteiger partial charge in [0, 0.05) is 6.07 Å². The predicted molar refractivity (Wildman–Crippen MR) is 70.7 cm³/mol. The van der Waals surface area contributed by atoms with Gasteiger partial charge in [0.1, 0.15) is 5.56 Å². The minimum atomic E-state index is -0.672. The van der Waals surface area contributed by atoms with Crippen LogP contribution in [0.1, 0.15) is 25.7 Å². The number of nitrogens with zero attached hydrogens (tertiary/aromatic N) is 3. The Balaban J connectivity index is 2.00. The third kappa shape index (κ3) is 2.05. The summed E-state index contributed by atoms with van der Waals surface area (Å²) in [6.07, 6.45) is 2.08. The second kappa shape index (κ2) is 4.38. The van der Waals surface area contributed by atoms with Crippen LogP contribution < -0.4 is 5.73 Å². The van der Waals surface area contributed by atoms with Crippen LogP contribution in [0.3, 0.4) is 0 Å². The zero-order valence-electron chi connectivity index (χ0n) is 10.9. The van der Waals surface area contributed by atoms with Gasteiger partial charge in [0.15, 0.2) is 0 Å². The summed E-state index contributed by atoms with van der Waals surface area (Å²) in [5, 5.41) is 14.8. The van der Waals surface area contributed by atoms with E-state index in [2.05, 4.69) is 10.1 Å². The number of nitro groups is 1. The highest BCUT2D eigenvalue weighted by atomic mass is 16.6. The van der Waals surface area contributed by atoms with Crippen LogP contribution in [0, 0.1) is 16.0 Å². The van der Waals surface area contributed by atoms with Crippen molar-refractivity contribution in [2.24, 2.45) is 11.7 Å². The van der Waals surface area contributed by atoms with Crippen LogP contribution in [0.5, 0.6) is 0 Å². The van der Waals surface area contributed by atoms with Gasteiger partial charge in [-0.25, -0.2) is 0 Å². The van der Waals surface area contributed by atoms with E-state index in [1.165, 1.54) is 6.07 Å². The zero-order valence-corrected chi connectivity index (χ0v) is 10.9. The second-order valence-corrected chi connectivity index (χ2v) is 5.25. The number of benzene rings is 1. The van der Waals surface area contributed by atoms with E-state index in [9.17, 15) is 10.1 Å². The van der Waals surface area contributed by atoms with Crippen LogP contribution in [0.4, 0.5) is 5.69 Å². The molecule has 0 amide bonds. The number of para-hydroxylation sites is 1. The summed E-state index contributed by atoms with van der Waals surface area (Å²) in [7, 11) is 0. The molecule has 0 aliphatic heterocycles. The van der Waals surface area contributed by atoms with Crippen LogP contribution in [0.2, 0.25) is 0 Å². The fourth-order valence-corrected chi connectivity index (χ4v) is 2.23. The molecule has 20 heavy (non-hydrogen) atoms. The van der Waals surface area contributed by atoms with Crippen molar-refractivity contribution in [2.45, 2.75) is 25.3 Å². The number of nitro benzene ring substituents is 1. The van der Waals surface area contributed by atoms with Gasteiger partial charge < -0.3 is 10.3 Å². The molecule has 1 aromatic carbocycles. The normalized spacial score (nSPS) is 17.7. The molecule has 1 unspecified atom stereocenters. The van der Waals surface area contributed by atoms with Crippen molar-refractivity contribution < 1.29 is 9.45 Å². The first kappa shape index (κ1) is 12.7. The molecule has 2 N–H and O–H groups in total. The summed E-state index contributed by atoms with van der Waals surface area (Å²) in [5.41, 5.74) is 5.81. The molecule has 0 bridgehead atoms. The quantitative estimate of drug-likeness (QED) is 0.676. The molecule has 7 heteroatoms. The molecule has 104 valence electrons. The fourth-order valence-electron chi connectivity index (χ4n) is 2.23. The Kier molecular flexibility index (Phi) is 2.79. The number of nitrogens with two attached hydrogens (primary N) is 1. The predicted octanol–water partition coefficient (Wildman–Crippen LogP) is 2.23. The Bertz CT molecular complexity index is 661. The van der Waals surface area contributed by atoms with E-state index in [1.54, 1.807) is 18.2 Å². The minimum absolute atomic E-state index is 0.0509. The molecule has 3 rings (SSSR count). The molecular weight excluding hydrogens is 260 g/mol. The third-order valence-electron chi connectivity index (χ3n) is 3.65. The summed E-state index contributed by atoms with van der Waals surface area (Å²) in [6.45, 7) is 1.85. The lowest BCUT2D eigenvalue weighted by atomic mass is 9.97. The number of aromatic nitrogens is 2. The first-order chi connectivity index (χ1) is 9.50. The van der Waals surface area contributed by atoms with E-state index in [1.807, 2.05) is 6.92 Å². The molecule has 2 aromatic rings. The van der Waals surface area contributed by atoms with E-state index < -0.39 is 10.5 Å². The first-order valence-electron chi connectivity index (χ1n) is 6.37. The van der Waals surface area contributed by atoms with Crippen LogP contribution in [0.25, 0.3) is 11.4 Å². The molecule has 1 heterocycles. The Hall–Kier alpha value is -2.28. The van der Waals surface area contributed by atoms with Gasteiger partial charge in [-0.05, 0) is 31.7 Å². The Morgan fingerprint density at radius 3 is 2.80 bits per heavy atom. The maximum absolute atomic E-state index is 11.0. The summed E-state index contributed by atoms with van der Waals surface area (Å²) in [6, 6.07) is 6.30. The van der Waals surface area contributed by atoms with Crippen LogP contribution in [-0.4, -0.2) is 15.1 Å². The van der Waals surface area contributed by atoms with Crippen molar-refractivity contribution in [3.63, 3.8) is 0 Å². The van der Waals surface area contributed by atoms with Gasteiger partial charge in [0.05, 0.1) is 10.5 Å². The highest BCUT2D eigenvalue weighted by Crippen LogP contribution is 2.43. The van der Waals surface area contributed by atoms with Crippen molar-refractivity contribution >= 4 is 5.69 Å². The number of rotatable bonds is 4. The average molecular weight is 274 g/mol. The zero-order chi connectivity index (χ0) is 14.3. The van der Waals surface area contributed by atoms with Gasteiger partial charge >= 0.3 is 0 Å². The molecule has 0 spiro atoms. The van der Waals surface area contributed by atoms with Crippen molar-refractivity contribution in [2.75, 3.05) is 0 Å². The summed E-state index contributed by atoms with van der Waals surface area (Å²) in [5.74, 6) is 0.860. The smallest absolute Gasteiger partial charge is 0.280 e. The van der Waals surface area contributed by atoms with E-state index in [-0.39, 0.29) is 11.5 Å². The summed E-state index contributed by atoms with van der Waals surface area (Å²) < 4.78 is 5.21. The molecule has 0 radical (unpaired) electrons. The second-order valence-electron chi connectivity index (χ2n) is 5.25. The van der Waals surface area contributed by atoms with Crippen molar-refractivity contribution in [3.05, 3.63) is 40.3 Å². The van der Waals surface area contributed by atoms with Crippen LogP contribution in [0.15, 0.2) is 28.8 Å². The maximum atomic E-state index is 11.0. The average Bonchev–Trinajstić information content (AvgIpc) is 3.17. The number of hydrogen-bond acceptors (Lipinski definition) is 6. The Morgan fingerprint density at radius 2 is 2.15 bits per heavy atom. The topological polar surface area (TPSA) is 108 Å². The lowest BCUT2D eigenvalue weighted by Gasteiger charge is -2.18. The van der Waals surface area contributed by atoms with E-state index in [4.69, 9.17) is 10.3 Å². The van der Waals surface area contributed by atoms with Crippen LogP contribution >= 0.6 is 0 Å². The molecule has 1 aromatic heterocycles. The van der Waals surface area contributed by atoms with E-state index in [0.717, 1.165) is 12.8 Å². The van der Waals surface area contributed by atoms with Gasteiger partial charge in [-0.2, -0.15) is 4.98 Å². The van der Waals surface area contributed by atoms with Crippen molar-refractivity contribution in [1.29, 1.82) is 0 Å². The molecular formula is C13H14N4O3. The Morgan fingerprint density at radius 1 is 1.45 bits per heavy atom. The maximum Gasteiger partial charge on any atom is 0.280 e. The van der Waals surface area contributed by atoms with Gasteiger partial charge in [0.2, 0.25) is 11.7 Å². The van der Waals surface area contributed by atoms with E-state index in [0.29, 0.717) is 17.4 Å². The molecule has 0 saturated heterocycles. The van der Waals surface area contributed by atoms with Crippen LogP contribution in [-0.2, 0) is 5.54 Å². The molecule has 1 aliphatic rings. The van der Waals surface area contributed by atoms with Gasteiger partial charge in [-0.15, -0.1) is 0 Å². The van der Waals surface area contributed by atoms with Crippen molar-refractivity contribution in [1.82, 2.24) is 10.1 Å². The number of hydrogen-bond donors (Lipinski definition) is 1. The van der Waals surface area contributed by atoms with E-state index >= 15 is 0 Å². The Labute approximate surface area is 114 Å². The van der Waals surface area contributed by atoms with Gasteiger partial charge in [-0.3, -0.25) is 10.1 Å². The highest BCUT2D eigenvalue weighted by Gasteiger charge is 2.44. The summed E-state index contributed by atoms with van der Waals surface area (Å²) in [4.78, 5) is 14.8. The SMILES string of the molecule is CC(N)(c1nc(-c2ccccc2[N+](=O)[O-])no1)C1CC1. The highest BCUT2D eigenvalue weighted by molar-refractivity contribution is 5.67. The molecule has 7 nitrogen and oxygen atoms in total. The first-order valence-corrected chi connectivity index (χ1v) is 6.37. The monoisotopic (exact) mass is 274 g/mol. The third-order valence-corrected chi connectivity index (χ3v) is 3.65. The molecule has 1 saturated carbocycles. The fraction of sp³-hybridized carbons (Fsp3) is 0.385. The van der Waals surface area contributed by atoms with Gasteiger partial charge in [0.25, 0.3) is 5.69 Å². The van der Waals surface area contributed by atoms with Crippen molar-refractivity contribution in [3.8, 4) is 11.4 Å². The molecule has 1 atom stereocenters. The van der Waals surface area contributed by atoms with Gasteiger partial charge in [-0.1, -0.05) is 17.3 Å². The lowest BCUT2D eigenvalue weighted by Crippen LogP contribution is -2.35. The standard InChI is InChI=1S/C13H14N4O3/c1-13(14,8-6-7-8)12-15-11(16-20-12)9-4-2-3-5-10(9)17(18)19/h2-5,8H,6-7,14H2,1H3. The molecule has 1 fully saturated rings. The minimum Gasteiger partial charge on any atom is -0.337 e. The lowest BCUT2D eigenvalue weighted by molar-refractivity contribution is -0.384. The largest absolute Gasteiger partial charge is 0.337 e.